The molecule has 0 spiro atoms. The third-order valence-corrected chi connectivity index (χ3v) is 2.07. The summed E-state index contributed by atoms with van der Waals surface area (Å²) in [7, 11) is 0. The van der Waals surface area contributed by atoms with E-state index in [9.17, 15) is 0 Å². The number of hydrazone groups is 1. The van der Waals surface area contributed by atoms with Gasteiger partial charge in [-0.2, -0.15) is 5.10 Å². The van der Waals surface area contributed by atoms with E-state index in [1.54, 1.807) is 0 Å². The zero-order chi connectivity index (χ0) is 10.7. The van der Waals surface area contributed by atoms with Crippen LogP contribution in [0.3, 0.4) is 0 Å². The Morgan fingerprint density at radius 1 is 1.20 bits per heavy atom. The molecule has 0 aromatic carbocycles. The number of amidine groups is 2. The van der Waals surface area contributed by atoms with Gasteiger partial charge in [-0.25, -0.2) is 10.5 Å². The number of nitrogens with one attached hydrogen (secondary N) is 1. The molecule has 0 bridgehead atoms. The normalized spacial score (nSPS) is 22.3. The number of nitrogens with zero attached hydrogens (tertiary/aromatic N) is 4. The fourth-order valence-electron chi connectivity index (χ4n) is 1.23. The second-order valence-electron chi connectivity index (χ2n) is 3.13. The molecule has 82 valence electrons. The minimum Gasteiger partial charge on any atom is -0.380 e. The minimum atomic E-state index is 0.230. The molecule has 0 saturated carbocycles. The molecule has 2 heterocycles. The number of morpholine rings is 1. The maximum Gasteiger partial charge on any atom is 0.177 e. The highest BCUT2D eigenvalue weighted by Crippen LogP contribution is 1.95. The summed E-state index contributed by atoms with van der Waals surface area (Å²) in [6, 6.07) is 0. The third-order valence-electron chi connectivity index (χ3n) is 2.07. The van der Waals surface area contributed by atoms with Crippen molar-refractivity contribution in [2.75, 3.05) is 26.3 Å². The van der Waals surface area contributed by atoms with Gasteiger partial charge in [0.15, 0.2) is 17.4 Å². The Hall–Kier alpha value is -1.67. The molecule has 8 heteroatoms. The van der Waals surface area contributed by atoms with Crippen LogP contribution in [0.5, 0.6) is 0 Å². The fourth-order valence-corrected chi connectivity index (χ4v) is 1.23. The lowest BCUT2D eigenvalue weighted by Gasteiger charge is -2.25. The van der Waals surface area contributed by atoms with E-state index in [0.717, 1.165) is 13.1 Å². The Morgan fingerprint density at radius 3 is 2.40 bits per heavy atom. The quantitative estimate of drug-likeness (QED) is 0.449. The highest BCUT2D eigenvalue weighted by atomic mass is 16.5. The van der Waals surface area contributed by atoms with E-state index in [-0.39, 0.29) is 11.7 Å². The van der Waals surface area contributed by atoms with Crippen molar-refractivity contribution in [3.8, 4) is 0 Å². The Balaban J connectivity index is 1.93. The van der Waals surface area contributed by atoms with Crippen molar-refractivity contribution in [3.05, 3.63) is 0 Å². The van der Waals surface area contributed by atoms with Crippen LogP contribution in [-0.4, -0.2) is 48.7 Å². The average molecular weight is 211 g/mol. The van der Waals surface area contributed by atoms with E-state index in [1.165, 1.54) is 0 Å². The SMILES string of the molecule is NC1=NN=C(N)C1=NNN1CCOCC1. The van der Waals surface area contributed by atoms with Gasteiger partial charge in [0.05, 0.1) is 13.2 Å². The molecule has 0 amide bonds. The smallest absolute Gasteiger partial charge is 0.177 e. The van der Waals surface area contributed by atoms with E-state index in [1.807, 2.05) is 5.01 Å². The Bertz CT molecular complexity index is 308. The molecule has 2 rings (SSSR count). The predicted molar refractivity (Wildman–Crippen MR) is 56.2 cm³/mol. The zero-order valence-electron chi connectivity index (χ0n) is 8.18. The van der Waals surface area contributed by atoms with Crippen molar-refractivity contribution >= 4 is 17.4 Å². The van der Waals surface area contributed by atoms with Crippen molar-refractivity contribution in [1.82, 2.24) is 10.5 Å². The largest absolute Gasteiger partial charge is 0.380 e. The van der Waals surface area contributed by atoms with Crippen molar-refractivity contribution in [1.29, 1.82) is 0 Å². The first kappa shape index (κ1) is 9.87. The van der Waals surface area contributed by atoms with Crippen molar-refractivity contribution < 1.29 is 4.74 Å². The van der Waals surface area contributed by atoms with Gasteiger partial charge < -0.3 is 16.2 Å². The van der Waals surface area contributed by atoms with Gasteiger partial charge in [-0.1, -0.05) is 0 Å². The standard InChI is InChI=1S/C7H13N7O/c8-6-5(7(9)12-11-6)10-13-14-1-3-15-4-2-14/h13H,1-4H2,(H4,8,9,10,11,12). The summed E-state index contributed by atoms with van der Waals surface area (Å²) < 4.78 is 5.19. The first-order valence-electron chi connectivity index (χ1n) is 4.61. The summed E-state index contributed by atoms with van der Waals surface area (Å²) in [5, 5.41) is 13.2. The first-order valence-corrected chi connectivity index (χ1v) is 4.61. The van der Waals surface area contributed by atoms with Gasteiger partial charge in [-0.3, -0.25) is 0 Å². The first-order chi connectivity index (χ1) is 7.27. The molecule has 0 unspecified atom stereocenters. The van der Waals surface area contributed by atoms with Crippen LogP contribution in [0.25, 0.3) is 0 Å². The van der Waals surface area contributed by atoms with Gasteiger partial charge in [0.1, 0.15) is 0 Å². The van der Waals surface area contributed by atoms with Gasteiger partial charge in [0.2, 0.25) is 0 Å². The Morgan fingerprint density at radius 2 is 1.80 bits per heavy atom. The second-order valence-corrected chi connectivity index (χ2v) is 3.13. The summed E-state index contributed by atoms with van der Waals surface area (Å²) in [5.41, 5.74) is 14.3. The molecule has 1 fully saturated rings. The molecule has 0 aliphatic carbocycles. The van der Waals surface area contributed by atoms with Crippen molar-refractivity contribution in [2.24, 2.45) is 26.8 Å². The minimum absolute atomic E-state index is 0.230. The molecule has 5 N–H and O–H groups in total. The summed E-state index contributed by atoms with van der Waals surface area (Å²) in [5.74, 6) is 0.460. The van der Waals surface area contributed by atoms with Crippen LogP contribution in [0.15, 0.2) is 15.3 Å². The molecular weight excluding hydrogens is 198 g/mol. The number of hydrogen-bond acceptors (Lipinski definition) is 8. The molecule has 8 nitrogen and oxygen atoms in total. The average Bonchev–Trinajstić information content (AvgIpc) is 2.58. The van der Waals surface area contributed by atoms with Crippen LogP contribution in [0, 0.1) is 0 Å². The van der Waals surface area contributed by atoms with Gasteiger partial charge in [-0.15, -0.1) is 10.2 Å². The number of nitrogens with two attached hydrogens (primary N) is 2. The molecule has 0 aromatic heterocycles. The number of hydrazine groups is 1. The molecule has 2 aliphatic heterocycles. The number of rotatable bonds is 2. The van der Waals surface area contributed by atoms with Crippen LogP contribution in [0.2, 0.25) is 0 Å². The number of hydrogen-bond donors (Lipinski definition) is 3. The van der Waals surface area contributed by atoms with E-state index >= 15 is 0 Å². The van der Waals surface area contributed by atoms with E-state index in [4.69, 9.17) is 16.2 Å². The molecule has 15 heavy (non-hydrogen) atoms. The van der Waals surface area contributed by atoms with Crippen LogP contribution in [0.4, 0.5) is 0 Å². The monoisotopic (exact) mass is 211 g/mol. The lowest BCUT2D eigenvalue weighted by atomic mass is 10.3. The molecule has 1 saturated heterocycles. The lowest BCUT2D eigenvalue weighted by Crippen LogP contribution is -2.45. The van der Waals surface area contributed by atoms with E-state index < -0.39 is 0 Å². The molecule has 0 atom stereocenters. The highest BCUT2D eigenvalue weighted by molar-refractivity contribution is 6.68. The molecular formula is C7H13N7O. The van der Waals surface area contributed by atoms with E-state index in [2.05, 4.69) is 20.8 Å². The maximum absolute atomic E-state index is 5.53. The van der Waals surface area contributed by atoms with Gasteiger partial charge in [0, 0.05) is 13.1 Å². The number of ether oxygens (including phenoxy) is 1. The summed E-state index contributed by atoms with van der Waals surface area (Å²) in [6.07, 6.45) is 0. The molecule has 0 radical (unpaired) electrons. The van der Waals surface area contributed by atoms with Crippen molar-refractivity contribution in [3.63, 3.8) is 0 Å². The van der Waals surface area contributed by atoms with Crippen molar-refractivity contribution in [2.45, 2.75) is 0 Å². The van der Waals surface area contributed by atoms with Crippen LogP contribution >= 0.6 is 0 Å². The topological polar surface area (TPSA) is 114 Å². The van der Waals surface area contributed by atoms with Gasteiger partial charge >= 0.3 is 0 Å². The van der Waals surface area contributed by atoms with Gasteiger partial charge in [0.25, 0.3) is 0 Å². The predicted octanol–water partition coefficient (Wildman–Crippen LogP) is -2.18. The van der Waals surface area contributed by atoms with E-state index in [0.29, 0.717) is 18.9 Å². The summed E-state index contributed by atoms with van der Waals surface area (Å²) >= 11 is 0. The van der Waals surface area contributed by atoms with Gasteiger partial charge in [-0.05, 0) is 0 Å². The summed E-state index contributed by atoms with van der Waals surface area (Å²) in [4.78, 5) is 0. The third kappa shape index (κ3) is 2.22. The lowest BCUT2D eigenvalue weighted by molar-refractivity contribution is 0.0127. The van der Waals surface area contributed by atoms with Crippen LogP contribution < -0.4 is 17.0 Å². The molecule has 0 aromatic rings. The summed E-state index contributed by atoms with van der Waals surface area (Å²) in [6.45, 7) is 2.91. The Kier molecular flexibility index (Phi) is 2.79. The van der Waals surface area contributed by atoms with Crippen LogP contribution in [0.1, 0.15) is 0 Å². The van der Waals surface area contributed by atoms with Crippen LogP contribution in [-0.2, 0) is 4.74 Å². The highest BCUT2D eigenvalue weighted by Gasteiger charge is 2.17. The molecule has 2 aliphatic rings. The Labute approximate surface area is 86.6 Å². The fraction of sp³-hybridized carbons (Fsp3) is 0.571. The maximum atomic E-state index is 5.53. The second kappa shape index (κ2) is 4.24. The zero-order valence-corrected chi connectivity index (χ0v) is 8.18.